The number of rotatable bonds is 10. The molecule has 1 aliphatic heterocycles. The Bertz CT molecular complexity index is 1190. The summed E-state index contributed by atoms with van der Waals surface area (Å²) in [5.41, 5.74) is 5.15. The monoisotopic (exact) mass is 535 g/mol. The smallest absolute Gasteiger partial charge is 0.220 e. The van der Waals surface area contributed by atoms with Gasteiger partial charge in [-0.2, -0.15) is 0 Å². The van der Waals surface area contributed by atoms with E-state index >= 15 is 0 Å². The van der Waals surface area contributed by atoms with Crippen LogP contribution in [0.15, 0.2) is 71.7 Å². The average Bonchev–Trinajstić information content (AvgIpc) is 3.33. The molecule has 202 valence electrons. The van der Waals surface area contributed by atoms with Gasteiger partial charge in [0.25, 0.3) is 0 Å². The van der Waals surface area contributed by atoms with Gasteiger partial charge in [-0.05, 0) is 68.4 Å². The highest BCUT2D eigenvalue weighted by molar-refractivity contribution is 6.31. The number of imidazole rings is 1. The molecule has 1 amide bonds. The summed E-state index contributed by atoms with van der Waals surface area (Å²) >= 11 is 6.25. The second-order valence-corrected chi connectivity index (χ2v) is 10.2. The highest BCUT2D eigenvalue weighted by Crippen LogP contribution is 2.25. The summed E-state index contributed by atoms with van der Waals surface area (Å²) in [5, 5.41) is 7.11. The van der Waals surface area contributed by atoms with E-state index in [0.717, 1.165) is 91.9 Å². The van der Waals surface area contributed by atoms with Gasteiger partial charge in [0.1, 0.15) is 5.82 Å². The topological polar surface area (TPSA) is 82.3 Å². The van der Waals surface area contributed by atoms with Gasteiger partial charge in [-0.3, -0.25) is 4.79 Å². The van der Waals surface area contributed by atoms with Gasteiger partial charge in [-0.1, -0.05) is 35.9 Å². The van der Waals surface area contributed by atoms with Crippen LogP contribution in [0.4, 0.5) is 5.69 Å². The predicted octanol–water partition coefficient (Wildman–Crippen LogP) is 5.75. The van der Waals surface area contributed by atoms with Gasteiger partial charge in [0.15, 0.2) is 0 Å². The molecule has 0 radical (unpaired) electrons. The fourth-order valence-electron chi connectivity index (χ4n) is 4.70. The van der Waals surface area contributed by atoms with Gasteiger partial charge in [-0.25, -0.2) is 4.98 Å². The summed E-state index contributed by atoms with van der Waals surface area (Å²) in [6, 6.07) is 8.56. The molecule has 1 saturated heterocycles. The molecule has 0 bridgehead atoms. The number of H-pyrrole nitrogens is 1. The van der Waals surface area contributed by atoms with Gasteiger partial charge in [0.2, 0.25) is 5.91 Å². The quantitative estimate of drug-likeness (QED) is 0.266. The Morgan fingerprint density at radius 2 is 2.03 bits per heavy atom. The van der Waals surface area contributed by atoms with Crippen LogP contribution in [0.2, 0.25) is 0 Å². The Labute approximate surface area is 230 Å². The summed E-state index contributed by atoms with van der Waals surface area (Å²) < 4.78 is 5.46. The maximum absolute atomic E-state index is 11.4. The fourth-order valence-corrected chi connectivity index (χ4v) is 4.97. The molecule has 1 unspecified atom stereocenters. The number of benzene rings is 1. The first-order chi connectivity index (χ1) is 18.5. The number of hydrogen-bond donors (Lipinski definition) is 3. The first kappa shape index (κ1) is 27.7. The zero-order valence-corrected chi connectivity index (χ0v) is 23.1. The van der Waals surface area contributed by atoms with E-state index in [-0.39, 0.29) is 5.91 Å². The molecule has 3 N–H and O–H groups in total. The minimum absolute atomic E-state index is 0.107. The zero-order chi connectivity index (χ0) is 26.7. The van der Waals surface area contributed by atoms with E-state index in [9.17, 15) is 4.79 Å². The van der Waals surface area contributed by atoms with Crippen molar-refractivity contribution in [2.75, 3.05) is 37.7 Å². The van der Waals surface area contributed by atoms with Crippen LogP contribution in [-0.2, 0) is 9.53 Å². The third-order valence-electron chi connectivity index (χ3n) is 6.87. The average molecular weight is 536 g/mol. The first-order valence-corrected chi connectivity index (χ1v) is 13.8. The number of carbonyl (C=O) groups excluding carboxylic acids is 1. The molecule has 2 aromatic rings. The number of aromatic amines is 1. The molecule has 1 aliphatic carbocycles. The van der Waals surface area contributed by atoms with Crippen LogP contribution in [0.5, 0.6) is 0 Å². The lowest BCUT2D eigenvalue weighted by Crippen LogP contribution is -2.36. The zero-order valence-electron chi connectivity index (χ0n) is 22.3. The van der Waals surface area contributed by atoms with E-state index in [1.54, 1.807) is 6.20 Å². The van der Waals surface area contributed by atoms with Crippen molar-refractivity contribution in [3.05, 3.63) is 77.5 Å². The maximum atomic E-state index is 11.4. The van der Waals surface area contributed by atoms with Gasteiger partial charge in [0.05, 0.1) is 25.1 Å². The molecule has 2 aliphatic rings. The molecule has 38 heavy (non-hydrogen) atoms. The molecule has 4 rings (SSSR count). The summed E-state index contributed by atoms with van der Waals surface area (Å²) in [7, 11) is 0. The number of carbonyl (C=O) groups is 1. The van der Waals surface area contributed by atoms with Crippen LogP contribution in [0.1, 0.15) is 45.4 Å². The molecule has 2 heterocycles. The van der Waals surface area contributed by atoms with Crippen molar-refractivity contribution in [3.63, 3.8) is 0 Å². The van der Waals surface area contributed by atoms with Crippen LogP contribution in [0.25, 0.3) is 16.8 Å². The highest BCUT2D eigenvalue weighted by Gasteiger charge is 2.13. The van der Waals surface area contributed by atoms with E-state index in [1.807, 2.05) is 25.3 Å². The number of halogens is 1. The van der Waals surface area contributed by atoms with Crippen molar-refractivity contribution in [3.8, 4) is 11.3 Å². The second kappa shape index (κ2) is 14.0. The number of amides is 1. The molecule has 1 aromatic heterocycles. The number of aromatic nitrogens is 2. The van der Waals surface area contributed by atoms with Gasteiger partial charge < -0.3 is 25.3 Å². The number of nitrogens with one attached hydrogen (secondary N) is 3. The molecule has 0 saturated carbocycles. The Kier molecular flexibility index (Phi) is 10.2. The number of allylic oxidation sites excluding steroid dienone is 6. The Hall–Kier alpha value is -3.29. The molecule has 8 heteroatoms. The van der Waals surface area contributed by atoms with Gasteiger partial charge in [-0.15, -0.1) is 0 Å². The second-order valence-electron chi connectivity index (χ2n) is 9.72. The standard InChI is InChI=1S/C30H38ClN5O2/c1-22(28(13-15-32-23(2)37)33-14-5-7-24-6-3-4-8-26(31)20-24)30-34-21-29(35-30)25-9-11-27(12-10-25)36-16-18-38-19-17-36/h4,8-13,15,20-21,24,33H,3,5-7,14,16-19H2,1-2H3,(H,32,37)(H,34,35)/b15-13-,28-22-. The van der Waals surface area contributed by atoms with E-state index in [4.69, 9.17) is 16.3 Å². The highest BCUT2D eigenvalue weighted by atomic mass is 35.5. The lowest BCUT2D eigenvalue weighted by molar-refractivity contribution is -0.118. The van der Waals surface area contributed by atoms with Gasteiger partial charge in [0, 0.05) is 54.7 Å². The molecule has 0 spiro atoms. The molecule has 1 aromatic carbocycles. The number of morpholine rings is 1. The third kappa shape index (κ3) is 8.10. The minimum atomic E-state index is -0.107. The largest absolute Gasteiger partial charge is 0.385 e. The summed E-state index contributed by atoms with van der Waals surface area (Å²) in [4.78, 5) is 21.9. The van der Waals surface area contributed by atoms with Crippen molar-refractivity contribution in [1.82, 2.24) is 20.6 Å². The normalized spacial score (nSPS) is 18.7. The fraction of sp³-hybridized carbons (Fsp3) is 0.400. The van der Waals surface area contributed by atoms with Crippen LogP contribution in [0.3, 0.4) is 0 Å². The van der Waals surface area contributed by atoms with Crippen LogP contribution >= 0.6 is 11.6 Å². The predicted molar refractivity (Wildman–Crippen MR) is 156 cm³/mol. The molecule has 1 atom stereocenters. The third-order valence-corrected chi connectivity index (χ3v) is 7.12. The SMILES string of the molecule is CC(=O)N/C=C\C(NCCCC1C=C(Cl)C=CCC1)=C(/C)c1ncc(-c2ccc(N3CCOCC3)cc2)[nH]1. The Morgan fingerprint density at radius 1 is 1.24 bits per heavy atom. The lowest BCUT2D eigenvalue weighted by Gasteiger charge is -2.28. The molecule has 7 nitrogen and oxygen atoms in total. The summed E-state index contributed by atoms with van der Waals surface area (Å²) in [6.45, 7) is 7.72. The van der Waals surface area contributed by atoms with E-state index in [1.165, 1.54) is 12.6 Å². The summed E-state index contributed by atoms with van der Waals surface area (Å²) in [5.74, 6) is 1.17. The van der Waals surface area contributed by atoms with E-state index < -0.39 is 0 Å². The van der Waals surface area contributed by atoms with E-state index in [2.05, 4.69) is 61.9 Å². The van der Waals surface area contributed by atoms with Crippen molar-refractivity contribution in [2.45, 2.75) is 39.5 Å². The Morgan fingerprint density at radius 3 is 2.79 bits per heavy atom. The van der Waals surface area contributed by atoms with Crippen LogP contribution < -0.4 is 15.5 Å². The summed E-state index contributed by atoms with van der Waals surface area (Å²) in [6.07, 6.45) is 16.0. The Balaban J connectivity index is 1.42. The molecular weight excluding hydrogens is 498 g/mol. The number of nitrogens with zero attached hydrogens (tertiary/aromatic N) is 2. The van der Waals surface area contributed by atoms with Crippen molar-refractivity contribution >= 4 is 28.8 Å². The number of anilines is 1. The van der Waals surface area contributed by atoms with E-state index in [0.29, 0.717) is 5.92 Å². The minimum Gasteiger partial charge on any atom is -0.385 e. The van der Waals surface area contributed by atoms with Crippen LogP contribution in [-0.4, -0.2) is 48.7 Å². The molecular formula is C30H38ClN5O2. The molecule has 1 fully saturated rings. The number of hydrogen-bond acceptors (Lipinski definition) is 5. The maximum Gasteiger partial charge on any atom is 0.220 e. The lowest BCUT2D eigenvalue weighted by atomic mass is 9.98. The van der Waals surface area contributed by atoms with Crippen LogP contribution in [0, 0.1) is 5.92 Å². The number of ether oxygens (including phenoxy) is 1. The van der Waals surface area contributed by atoms with Crippen molar-refractivity contribution in [2.24, 2.45) is 5.92 Å². The van der Waals surface area contributed by atoms with Gasteiger partial charge >= 0.3 is 0 Å². The van der Waals surface area contributed by atoms with Crippen molar-refractivity contribution in [1.29, 1.82) is 0 Å². The first-order valence-electron chi connectivity index (χ1n) is 13.4. The van der Waals surface area contributed by atoms with Crippen molar-refractivity contribution < 1.29 is 9.53 Å².